The largest absolute Gasteiger partial charge is 0.342 e. The number of carbonyl (C=O) groups is 1. The van der Waals surface area contributed by atoms with Gasteiger partial charge in [-0.2, -0.15) is 0 Å². The van der Waals surface area contributed by atoms with E-state index in [0.29, 0.717) is 16.5 Å². The first kappa shape index (κ1) is 17.7. The van der Waals surface area contributed by atoms with E-state index < -0.39 is 11.2 Å². The lowest BCUT2D eigenvalue weighted by Crippen LogP contribution is -2.38. The maximum atomic E-state index is 12.5. The molecule has 1 aliphatic rings. The highest BCUT2D eigenvalue weighted by molar-refractivity contribution is 8.00. The van der Waals surface area contributed by atoms with Crippen LogP contribution in [0.5, 0.6) is 0 Å². The molecule has 3 rings (SSSR count). The van der Waals surface area contributed by atoms with Crippen molar-refractivity contribution in [1.29, 1.82) is 0 Å². The van der Waals surface area contributed by atoms with E-state index in [4.69, 9.17) is 0 Å². The Bertz CT molecular complexity index is 943. The smallest absolute Gasteiger partial charge is 0.332 e. The zero-order chi connectivity index (χ0) is 18.1. The molecule has 3 heterocycles. The molecule has 0 unspecified atom stereocenters. The van der Waals surface area contributed by atoms with Gasteiger partial charge in [-0.3, -0.25) is 18.7 Å². The highest BCUT2D eigenvalue weighted by Gasteiger charge is 2.20. The molecule has 1 saturated heterocycles. The van der Waals surface area contributed by atoms with Crippen molar-refractivity contribution < 1.29 is 4.79 Å². The predicted octanol–water partition coefficient (Wildman–Crippen LogP) is 0.440. The van der Waals surface area contributed by atoms with Crippen LogP contribution in [-0.2, 0) is 18.9 Å². The van der Waals surface area contributed by atoms with Gasteiger partial charge >= 0.3 is 5.69 Å². The van der Waals surface area contributed by atoms with Gasteiger partial charge in [0.1, 0.15) is 16.2 Å². The number of piperidine rings is 1. The molecule has 8 nitrogen and oxygen atoms in total. The van der Waals surface area contributed by atoms with Crippen LogP contribution in [0.15, 0.2) is 14.6 Å². The summed E-state index contributed by atoms with van der Waals surface area (Å²) in [6.07, 6.45) is 3.24. The van der Waals surface area contributed by atoms with Gasteiger partial charge < -0.3 is 4.90 Å². The molecule has 0 spiro atoms. The number of aromatic nitrogens is 4. The molecule has 1 amide bonds. The number of amides is 1. The van der Waals surface area contributed by atoms with Crippen molar-refractivity contribution in [2.24, 2.45) is 14.1 Å². The summed E-state index contributed by atoms with van der Waals surface area (Å²) in [5.74, 6) is 0.733. The number of aryl methyl sites for hydroxylation is 2. The van der Waals surface area contributed by atoms with Crippen molar-refractivity contribution >= 4 is 28.7 Å². The van der Waals surface area contributed by atoms with Crippen molar-refractivity contribution in [2.75, 3.05) is 18.8 Å². The monoisotopic (exact) mass is 363 g/mol. The molecular formula is C16H21N5O3S. The number of likely N-dealkylation sites (tertiary alicyclic amines) is 1. The first-order valence-corrected chi connectivity index (χ1v) is 9.23. The van der Waals surface area contributed by atoms with E-state index >= 15 is 0 Å². The summed E-state index contributed by atoms with van der Waals surface area (Å²) in [4.78, 5) is 47.5. The van der Waals surface area contributed by atoms with Gasteiger partial charge in [-0.15, -0.1) is 0 Å². The van der Waals surface area contributed by atoms with Crippen molar-refractivity contribution in [3.8, 4) is 0 Å². The number of hydrogen-bond donors (Lipinski definition) is 0. The summed E-state index contributed by atoms with van der Waals surface area (Å²) in [6.45, 7) is 3.29. The molecule has 9 heteroatoms. The molecule has 134 valence electrons. The van der Waals surface area contributed by atoms with Crippen LogP contribution < -0.4 is 11.2 Å². The van der Waals surface area contributed by atoms with Gasteiger partial charge in [-0.05, 0) is 26.2 Å². The zero-order valence-corrected chi connectivity index (χ0v) is 15.4. The van der Waals surface area contributed by atoms with Gasteiger partial charge in [-0.25, -0.2) is 14.8 Å². The van der Waals surface area contributed by atoms with Crippen LogP contribution in [0.4, 0.5) is 0 Å². The van der Waals surface area contributed by atoms with E-state index in [2.05, 4.69) is 9.97 Å². The maximum absolute atomic E-state index is 12.5. The van der Waals surface area contributed by atoms with E-state index in [-0.39, 0.29) is 17.0 Å². The molecule has 0 atom stereocenters. The Morgan fingerprint density at radius 2 is 1.76 bits per heavy atom. The third kappa shape index (κ3) is 3.33. The second kappa shape index (κ2) is 6.99. The van der Waals surface area contributed by atoms with Gasteiger partial charge in [-0.1, -0.05) is 11.8 Å². The van der Waals surface area contributed by atoms with Crippen LogP contribution >= 0.6 is 11.8 Å². The van der Waals surface area contributed by atoms with E-state index in [9.17, 15) is 14.4 Å². The number of rotatable bonds is 3. The molecule has 25 heavy (non-hydrogen) atoms. The molecule has 0 saturated carbocycles. The predicted molar refractivity (Wildman–Crippen MR) is 95.9 cm³/mol. The summed E-state index contributed by atoms with van der Waals surface area (Å²) >= 11 is 1.23. The Kier molecular flexibility index (Phi) is 4.94. The number of carbonyl (C=O) groups excluding carboxylic acids is 1. The molecular weight excluding hydrogens is 342 g/mol. The van der Waals surface area contributed by atoms with Gasteiger partial charge in [0.05, 0.1) is 5.75 Å². The van der Waals surface area contributed by atoms with E-state index in [0.717, 1.165) is 36.9 Å². The van der Waals surface area contributed by atoms with E-state index in [1.165, 1.54) is 23.4 Å². The van der Waals surface area contributed by atoms with Crippen molar-refractivity contribution in [3.05, 3.63) is 26.7 Å². The number of fused-ring (bicyclic) bond motifs is 1. The Hall–Kier alpha value is -2.16. The summed E-state index contributed by atoms with van der Waals surface area (Å²) in [7, 11) is 3.00. The lowest BCUT2D eigenvalue weighted by Gasteiger charge is -2.26. The minimum Gasteiger partial charge on any atom is -0.342 e. The Labute approximate surface area is 148 Å². The number of nitrogens with zero attached hydrogens (tertiary/aromatic N) is 5. The molecule has 0 bridgehead atoms. The SMILES string of the molecule is Cc1nc(SCC(=O)N2CCCCC2)c2c(=O)n(C)c(=O)n(C)c2n1. The summed E-state index contributed by atoms with van der Waals surface area (Å²) in [6, 6.07) is 0. The second-order valence-corrected chi connectivity index (χ2v) is 7.17. The van der Waals surface area contributed by atoms with Crippen LogP contribution in [0.3, 0.4) is 0 Å². The van der Waals surface area contributed by atoms with Crippen molar-refractivity contribution in [2.45, 2.75) is 31.2 Å². The van der Waals surface area contributed by atoms with Crippen LogP contribution in [0.25, 0.3) is 11.0 Å². The summed E-state index contributed by atoms with van der Waals surface area (Å²) in [5.41, 5.74) is -0.574. The van der Waals surface area contributed by atoms with Crippen LogP contribution in [-0.4, -0.2) is 48.8 Å². The number of thioether (sulfide) groups is 1. The van der Waals surface area contributed by atoms with Crippen molar-refractivity contribution in [1.82, 2.24) is 24.0 Å². The standard InChI is InChI=1S/C16H21N5O3S/c1-10-17-13-12(15(23)20(3)16(24)19(13)2)14(18-10)25-9-11(22)21-7-5-4-6-8-21/h4-9H2,1-3H3. The van der Waals surface area contributed by atoms with Crippen molar-refractivity contribution in [3.63, 3.8) is 0 Å². The van der Waals surface area contributed by atoms with Gasteiger partial charge in [0, 0.05) is 27.2 Å². The normalized spacial score (nSPS) is 14.9. The fourth-order valence-electron chi connectivity index (χ4n) is 3.00. The quantitative estimate of drug-likeness (QED) is 0.581. The topological polar surface area (TPSA) is 90.1 Å². The average molecular weight is 363 g/mol. The first-order valence-electron chi connectivity index (χ1n) is 8.25. The van der Waals surface area contributed by atoms with Crippen LogP contribution in [0, 0.1) is 6.92 Å². The summed E-state index contributed by atoms with van der Waals surface area (Å²) in [5, 5.41) is 0.732. The van der Waals surface area contributed by atoms with E-state index in [1.807, 2.05) is 4.90 Å². The highest BCUT2D eigenvalue weighted by Crippen LogP contribution is 2.23. The van der Waals surface area contributed by atoms with Gasteiger partial charge in [0.2, 0.25) is 5.91 Å². The average Bonchev–Trinajstić information content (AvgIpc) is 2.62. The highest BCUT2D eigenvalue weighted by atomic mass is 32.2. The third-order valence-corrected chi connectivity index (χ3v) is 5.38. The summed E-state index contributed by atoms with van der Waals surface area (Å²) < 4.78 is 2.37. The lowest BCUT2D eigenvalue weighted by molar-refractivity contribution is -0.129. The van der Waals surface area contributed by atoms with Gasteiger partial charge in [0.25, 0.3) is 5.56 Å². The second-order valence-electron chi connectivity index (χ2n) is 6.21. The van der Waals surface area contributed by atoms with Crippen LogP contribution in [0.2, 0.25) is 0 Å². The maximum Gasteiger partial charge on any atom is 0.332 e. The minimum absolute atomic E-state index is 0.0516. The Morgan fingerprint density at radius 1 is 1.08 bits per heavy atom. The zero-order valence-electron chi connectivity index (χ0n) is 14.6. The van der Waals surface area contributed by atoms with Crippen LogP contribution in [0.1, 0.15) is 25.1 Å². The minimum atomic E-state index is -0.439. The van der Waals surface area contributed by atoms with Gasteiger partial charge in [0.15, 0.2) is 5.65 Å². The molecule has 2 aromatic heterocycles. The van der Waals surface area contributed by atoms with E-state index in [1.54, 1.807) is 14.0 Å². The Morgan fingerprint density at radius 3 is 2.44 bits per heavy atom. The first-order chi connectivity index (χ1) is 11.9. The fourth-order valence-corrected chi connectivity index (χ4v) is 3.96. The molecule has 0 aliphatic carbocycles. The third-order valence-electron chi connectivity index (χ3n) is 4.42. The number of hydrogen-bond acceptors (Lipinski definition) is 6. The molecule has 2 aromatic rings. The fraction of sp³-hybridized carbons (Fsp3) is 0.562. The molecule has 0 aromatic carbocycles. The molecule has 1 aliphatic heterocycles. The molecule has 0 N–H and O–H groups in total. The Balaban J connectivity index is 1.97. The molecule has 0 radical (unpaired) electrons. The lowest BCUT2D eigenvalue weighted by atomic mass is 10.1. The molecule has 1 fully saturated rings.